The Morgan fingerprint density at radius 2 is 1.76 bits per heavy atom. The van der Waals surface area contributed by atoms with Crippen LogP contribution in [0.2, 0.25) is 0 Å². The number of nitrogens with one attached hydrogen (secondary N) is 1. The Bertz CT molecular complexity index is 933. The van der Waals surface area contributed by atoms with Crippen LogP contribution in [0.15, 0.2) is 48.5 Å². The van der Waals surface area contributed by atoms with E-state index in [9.17, 15) is 17.6 Å². The van der Waals surface area contributed by atoms with Gasteiger partial charge in [0, 0.05) is 14.1 Å². The molecule has 1 N–H and O–H groups in total. The summed E-state index contributed by atoms with van der Waals surface area (Å²) < 4.78 is 46.7. The van der Waals surface area contributed by atoms with Gasteiger partial charge in [-0.1, -0.05) is 29.8 Å². The number of carbonyl (C=O) groups is 1. The van der Waals surface area contributed by atoms with Crippen LogP contribution in [0.5, 0.6) is 5.75 Å². The number of amides is 1. The van der Waals surface area contributed by atoms with E-state index in [1.54, 1.807) is 6.92 Å². The fourth-order valence-corrected chi connectivity index (χ4v) is 3.56. The Kier molecular flexibility index (Phi) is 7.58. The molecule has 2 aromatic carbocycles. The molecule has 2 aromatic rings. The van der Waals surface area contributed by atoms with E-state index in [4.69, 9.17) is 4.74 Å². The van der Waals surface area contributed by atoms with Gasteiger partial charge in [-0.05, 0) is 38.1 Å². The molecule has 9 heteroatoms. The molecule has 7 nitrogen and oxygen atoms in total. The van der Waals surface area contributed by atoms with Crippen molar-refractivity contribution in [1.82, 2.24) is 9.62 Å². The molecule has 1 atom stereocenters. The number of rotatable bonds is 9. The van der Waals surface area contributed by atoms with Crippen molar-refractivity contribution in [2.45, 2.75) is 19.9 Å². The Hall–Kier alpha value is -2.65. The zero-order valence-corrected chi connectivity index (χ0v) is 17.7. The summed E-state index contributed by atoms with van der Waals surface area (Å²) >= 11 is 0. The number of hydrogen-bond acceptors (Lipinski definition) is 4. The molecule has 0 aliphatic heterocycles. The third-order valence-electron chi connectivity index (χ3n) is 4.08. The molecule has 0 radical (unpaired) electrons. The topological polar surface area (TPSA) is 79.0 Å². The molecule has 0 saturated heterocycles. The van der Waals surface area contributed by atoms with Gasteiger partial charge < -0.3 is 10.1 Å². The van der Waals surface area contributed by atoms with E-state index in [0.717, 1.165) is 20.2 Å². The van der Waals surface area contributed by atoms with Crippen molar-refractivity contribution in [3.63, 3.8) is 0 Å². The van der Waals surface area contributed by atoms with Gasteiger partial charge in [0.05, 0.1) is 11.7 Å². The highest BCUT2D eigenvalue weighted by Crippen LogP contribution is 2.22. The van der Waals surface area contributed by atoms with Crippen LogP contribution < -0.4 is 14.4 Å². The van der Waals surface area contributed by atoms with Crippen LogP contribution in [0.25, 0.3) is 0 Å². The van der Waals surface area contributed by atoms with Crippen LogP contribution in [0.4, 0.5) is 10.1 Å². The van der Waals surface area contributed by atoms with Crippen LogP contribution >= 0.6 is 0 Å². The molecule has 1 amide bonds. The first-order valence-corrected chi connectivity index (χ1v) is 10.4. The number of aryl methyl sites for hydroxylation is 1. The maximum absolute atomic E-state index is 14.2. The van der Waals surface area contributed by atoms with Gasteiger partial charge in [-0.2, -0.15) is 12.7 Å². The number of carbonyl (C=O) groups excluding carboxylic acids is 1. The van der Waals surface area contributed by atoms with Gasteiger partial charge in [-0.25, -0.2) is 8.70 Å². The predicted molar refractivity (Wildman–Crippen MR) is 111 cm³/mol. The lowest BCUT2D eigenvalue weighted by Crippen LogP contribution is -2.48. The van der Waals surface area contributed by atoms with Crippen LogP contribution in [0.1, 0.15) is 12.5 Å². The third-order valence-corrected chi connectivity index (χ3v) is 5.88. The summed E-state index contributed by atoms with van der Waals surface area (Å²) in [5.74, 6) is -0.639. The average molecular weight is 424 g/mol. The highest BCUT2D eigenvalue weighted by Gasteiger charge is 2.29. The standard InChI is InChI=1S/C20H26FN3O4S/c1-15-9-11-17(12-10-15)28-14-16(2)22-20(25)13-24(29(26,27)23(3)4)19-8-6-5-7-18(19)21/h5-12,16H,13-14H2,1-4H3,(H,22,25). The van der Waals surface area contributed by atoms with E-state index in [-0.39, 0.29) is 18.3 Å². The van der Waals surface area contributed by atoms with E-state index >= 15 is 0 Å². The van der Waals surface area contributed by atoms with Gasteiger partial charge in [0.2, 0.25) is 5.91 Å². The number of ether oxygens (including phenoxy) is 1. The lowest BCUT2D eigenvalue weighted by molar-refractivity contribution is -0.120. The normalized spacial score (nSPS) is 12.5. The van der Waals surface area contributed by atoms with Crippen LogP contribution in [0.3, 0.4) is 0 Å². The molecule has 0 bridgehead atoms. The molecular formula is C20H26FN3O4S. The summed E-state index contributed by atoms with van der Waals surface area (Å²) in [6.07, 6.45) is 0. The van der Waals surface area contributed by atoms with Crippen LogP contribution in [-0.4, -0.2) is 51.9 Å². The van der Waals surface area contributed by atoms with Gasteiger partial charge in [0.15, 0.2) is 0 Å². The second kappa shape index (κ2) is 9.71. The van der Waals surface area contributed by atoms with Crippen LogP contribution in [0, 0.1) is 12.7 Å². The highest BCUT2D eigenvalue weighted by molar-refractivity contribution is 7.90. The smallest absolute Gasteiger partial charge is 0.304 e. The zero-order chi connectivity index (χ0) is 21.6. The fourth-order valence-electron chi connectivity index (χ4n) is 2.49. The van der Waals surface area contributed by atoms with Crippen molar-refractivity contribution in [3.05, 3.63) is 59.9 Å². The molecule has 0 aliphatic carbocycles. The molecule has 0 aromatic heterocycles. The van der Waals surface area contributed by atoms with Gasteiger partial charge >= 0.3 is 10.2 Å². The van der Waals surface area contributed by atoms with Crippen molar-refractivity contribution in [1.29, 1.82) is 0 Å². The molecule has 2 rings (SSSR count). The molecule has 158 valence electrons. The molecule has 0 spiro atoms. The monoisotopic (exact) mass is 423 g/mol. The van der Waals surface area contributed by atoms with Gasteiger partial charge in [0.25, 0.3) is 0 Å². The highest BCUT2D eigenvalue weighted by atomic mass is 32.2. The Morgan fingerprint density at radius 1 is 1.14 bits per heavy atom. The van der Waals surface area contributed by atoms with Crippen LogP contribution in [-0.2, 0) is 15.0 Å². The minimum atomic E-state index is -4.07. The number of halogens is 1. The summed E-state index contributed by atoms with van der Waals surface area (Å²) in [6, 6.07) is 12.5. The molecular weight excluding hydrogens is 397 g/mol. The number of nitrogens with zero attached hydrogens (tertiary/aromatic N) is 2. The lowest BCUT2D eigenvalue weighted by atomic mass is 10.2. The van der Waals surface area contributed by atoms with E-state index in [1.165, 1.54) is 32.3 Å². The predicted octanol–water partition coefficient (Wildman–Crippen LogP) is 2.33. The largest absolute Gasteiger partial charge is 0.491 e. The Labute approximate surface area is 171 Å². The number of para-hydroxylation sites is 1. The number of anilines is 1. The van der Waals surface area contributed by atoms with Crippen molar-refractivity contribution in [2.75, 3.05) is 31.6 Å². The van der Waals surface area contributed by atoms with E-state index < -0.39 is 28.5 Å². The first kappa shape index (κ1) is 22.6. The molecule has 0 aliphatic rings. The Morgan fingerprint density at radius 3 is 2.34 bits per heavy atom. The second-order valence-corrected chi connectivity index (χ2v) is 8.91. The number of benzene rings is 2. The van der Waals surface area contributed by atoms with E-state index in [0.29, 0.717) is 5.75 Å². The first-order valence-electron chi connectivity index (χ1n) is 9.05. The second-order valence-electron chi connectivity index (χ2n) is 6.84. The zero-order valence-electron chi connectivity index (χ0n) is 16.9. The number of hydrogen-bond donors (Lipinski definition) is 1. The minimum Gasteiger partial charge on any atom is -0.491 e. The van der Waals surface area contributed by atoms with E-state index in [2.05, 4.69) is 5.32 Å². The maximum atomic E-state index is 14.2. The quantitative estimate of drug-likeness (QED) is 0.672. The summed E-state index contributed by atoms with van der Waals surface area (Å²) in [5, 5.41) is 2.68. The average Bonchev–Trinajstić information content (AvgIpc) is 2.66. The minimum absolute atomic E-state index is 0.195. The fraction of sp³-hybridized carbons (Fsp3) is 0.350. The molecule has 0 saturated carbocycles. The summed E-state index contributed by atoms with van der Waals surface area (Å²) in [4.78, 5) is 12.5. The summed E-state index contributed by atoms with van der Waals surface area (Å²) in [5.41, 5.74) is 0.911. The molecule has 1 unspecified atom stereocenters. The molecule has 0 heterocycles. The van der Waals surface area contributed by atoms with Gasteiger partial charge in [0.1, 0.15) is 24.7 Å². The van der Waals surface area contributed by atoms with Gasteiger partial charge in [-0.15, -0.1) is 0 Å². The Balaban J connectivity index is 2.05. The van der Waals surface area contributed by atoms with Crippen molar-refractivity contribution in [2.24, 2.45) is 0 Å². The van der Waals surface area contributed by atoms with Crippen molar-refractivity contribution >= 4 is 21.8 Å². The van der Waals surface area contributed by atoms with Crippen molar-refractivity contribution in [3.8, 4) is 5.75 Å². The van der Waals surface area contributed by atoms with Crippen molar-refractivity contribution < 1.29 is 22.3 Å². The molecule has 0 fully saturated rings. The lowest BCUT2D eigenvalue weighted by Gasteiger charge is -2.27. The van der Waals surface area contributed by atoms with Gasteiger partial charge in [-0.3, -0.25) is 4.79 Å². The third kappa shape index (κ3) is 6.16. The summed E-state index contributed by atoms with van der Waals surface area (Å²) in [6.45, 7) is 3.35. The van der Waals surface area contributed by atoms with E-state index in [1.807, 2.05) is 31.2 Å². The maximum Gasteiger partial charge on any atom is 0.304 e. The SMILES string of the molecule is Cc1ccc(OCC(C)NC(=O)CN(c2ccccc2F)S(=O)(=O)N(C)C)cc1. The first-order chi connectivity index (χ1) is 13.6. The summed E-state index contributed by atoms with van der Waals surface area (Å²) in [7, 11) is -1.43. The molecule has 29 heavy (non-hydrogen) atoms.